The van der Waals surface area contributed by atoms with Gasteiger partial charge in [0.25, 0.3) is 0 Å². The number of rotatable bonds is 2. The zero-order chi connectivity index (χ0) is 12.8. The van der Waals surface area contributed by atoms with Crippen LogP contribution in [0.15, 0.2) is 30.3 Å². The van der Waals surface area contributed by atoms with Crippen LogP contribution in [-0.2, 0) is 0 Å². The van der Waals surface area contributed by atoms with E-state index in [0.29, 0.717) is 11.8 Å². The third-order valence-corrected chi connectivity index (χ3v) is 5.05. The fourth-order valence-electron chi connectivity index (χ4n) is 3.65. The molecule has 3 atom stereocenters. The van der Waals surface area contributed by atoms with E-state index >= 15 is 0 Å². The van der Waals surface area contributed by atoms with Gasteiger partial charge in [-0.3, -0.25) is 0 Å². The Kier molecular flexibility index (Phi) is 2.76. The zero-order valence-corrected chi connectivity index (χ0v) is 11.3. The Morgan fingerprint density at radius 2 is 1.94 bits per heavy atom. The molecule has 2 N–H and O–H groups in total. The Bertz CT molecular complexity index is 428. The third-order valence-electron chi connectivity index (χ3n) is 5.05. The van der Waals surface area contributed by atoms with E-state index in [-0.39, 0.29) is 5.41 Å². The molecule has 0 amide bonds. The molecule has 1 aromatic carbocycles. The predicted molar refractivity (Wildman–Crippen MR) is 73.5 cm³/mol. The zero-order valence-electron chi connectivity index (χ0n) is 11.3. The molecule has 0 bridgehead atoms. The molecule has 18 heavy (non-hydrogen) atoms. The summed E-state index contributed by atoms with van der Waals surface area (Å²) < 4.78 is 0. The van der Waals surface area contributed by atoms with Crippen molar-refractivity contribution in [1.82, 2.24) is 5.32 Å². The van der Waals surface area contributed by atoms with Crippen LogP contribution in [0.5, 0.6) is 0 Å². The first kappa shape index (κ1) is 12.2. The van der Waals surface area contributed by atoms with Crippen LogP contribution in [-0.4, -0.2) is 23.8 Å². The van der Waals surface area contributed by atoms with Crippen LogP contribution in [0.2, 0.25) is 0 Å². The third kappa shape index (κ3) is 1.79. The topological polar surface area (TPSA) is 32.3 Å². The summed E-state index contributed by atoms with van der Waals surface area (Å²) in [7, 11) is 0. The van der Waals surface area contributed by atoms with Crippen LogP contribution in [0.4, 0.5) is 0 Å². The number of aliphatic hydroxyl groups is 1. The fraction of sp³-hybridized carbons (Fsp3) is 0.625. The monoisotopic (exact) mass is 245 g/mol. The number of benzene rings is 1. The first-order chi connectivity index (χ1) is 8.55. The van der Waals surface area contributed by atoms with E-state index in [1.54, 1.807) is 0 Å². The lowest BCUT2D eigenvalue weighted by atomic mass is 9.67. The fourth-order valence-corrected chi connectivity index (χ4v) is 3.65. The standard InChI is InChI=1S/C16H23NO/c1-15(2)11-17-9-8-16(15,18)14-10-13(14)12-6-4-3-5-7-12/h3-7,13-14,17-18H,8-11H2,1-2H3. The highest BCUT2D eigenvalue weighted by Crippen LogP contribution is 2.59. The molecule has 1 aromatic rings. The SMILES string of the molecule is CC1(C)CNCCC1(O)C1CC1c1ccccc1. The van der Waals surface area contributed by atoms with Crippen LogP contribution in [0.3, 0.4) is 0 Å². The second-order valence-electron chi connectivity index (χ2n) is 6.59. The van der Waals surface area contributed by atoms with Gasteiger partial charge in [0.2, 0.25) is 0 Å². The molecule has 1 aliphatic carbocycles. The van der Waals surface area contributed by atoms with E-state index in [4.69, 9.17) is 0 Å². The van der Waals surface area contributed by atoms with E-state index in [1.807, 2.05) is 0 Å². The van der Waals surface area contributed by atoms with Gasteiger partial charge in [-0.25, -0.2) is 0 Å². The number of nitrogens with one attached hydrogen (secondary N) is 1. The van der Waals surface area contributed by atoms with Gasteiger partial charge in [-0.2, -0.15) is 0 Å². The minimum Gasteiger partial charge on any atom is -0.389 e. The van der Waals surface area contributed by atoms with Gasteiger partial charge in [0.1, 0.15) is 0 Å². The van der Waals surface area contributed by atoms with Crippen molar-refractivity contribution in [1.29, 1.82) is 0 Å². The molecule has 1 saturated carbocycles. The lowest BCUT2D eigenvalue weighted by Crippen LogP contribution is -2.57. The molecular weight excluding hydrogens is 222 g/mol. The normalized spacial score (nSPS) is 38.4. The van der Waals surface area contributed by atoms with Gasteiger partial charge in [0.15, 0.2) is 0 Å². The summed E-state index contributed by atoms with van der Waals surface area (Å²) >= 11 is 0. The summed E-state index contributed by atoms with van der Waals surface area (Å²) in [4.78, 5) is 0. The van der Waals surface area contributed by atoms with Gasteiger partial charge >= 0.3 is 0 Å². The van der Waals surface area contributed by atoms with Crippen LogP contribution >= 0.6 is 0 Å². The predicted octanol–water partition coefficient (Wildman–Crippen LogP) is 2.54. The molecular formula is C16H23NO. The molecule has 2 heteroatoms. The average Bonchev–Trinajstić information content (AvgIpc) is 3.15. The Morgan fingerprint density at radius 3 is 2.61 bits per heavy atom. The van der Waals surface area contributed by atoms with E-state index in [1.165, 1.54) is 5.56 Å². The smallest absolute Gasteiger partial charge is 0.0756 e. The van der Waals surface area contributed by atoms with Crippen molar-refractivity contribution in [2.24, 2.45) is 11.3 Å². The van der Waals surface area contributed by atoms with Gasteiger partial charge < -0.3 is 10.4 Å². The van der Waals surface area contributed by atoms with Crippen molar-refractivity contribution in [2.45, 2.75) is 38.2 Å². The van der Waals surface area contributed by atoms with Gasteiger partial charge in [-0.05, 0) is 36.8 Å². The number of hydrogen-bond acceptors (Lipinski definition) is 2. The molecule has 1 heterocycles. The van der Waals surface area contributed by atoms with Crippen molar-refractivity contribution in [2.75, 3.05) is 13.1 Å². The first-order valence-corrected chi connectivity index (χ1v) is 7.03. The van der Waals surface area contributed by atoms with Crippen LogP contribution in [0.25, 0.3) is 0 Å². The van der Waals surface area contributed by atoms with Gasteiger partial charge in [0, 0.05) is 12.0 Å². The van der Waals surface area contributed by atoms with Crippen LogP contribution < -0.4 is 5.32 Å². The van der Waals surface area contributed by atoms with E-state index in [0.717, 1.165) is 25.9 Å². The Balaban J connectivity index is 1.81. The Morgan fingerprint density at radius 1 is 1.22 bits per heavy atom. The van der Waals surface area contributed by atoms with E-state index < -0.39 is 5.60 Å². The van der Waals surface area contributed by atoms with Crippen LogP contribution in [0, 0.1) is 11.3 Å². The quantitative estimate of drug-likeness (QED) is 0.839. The highest BCUT2D eigenvalue weighted by molar-refractivity contribution is 5.29. The van der Waals surface area contributed by atoms with Crippen molar-refractivity contribution in [3.05, 3.63) is 35.9 Å². The minimum absolute atomic E-state index is 0.0283. The molecule has 98 valence electrons. The van der Waals surface area contributed by atoms with Crippen molar-refractivity contribution in [3.8, 4) is 0 Å². The highest BCUT2D eigenvalue weighted by Gasteiger charge is 2.59. The molecule has 0 spiro atoms. The lowest BCUT2D eigenvalue weighted by molar-refractivity contribution is -0.106. The summed E-state index contributed by atoms with van der Waals surface area (Å²) in [6.07, 6.45) is 2.03. The molecule has 1 saturated heterocycles. The van der Waals surface area contributed by atoms with Crippen molar-refractivity contribution >= 4 is 0 Å². The molecule has 2 fully saturated rings. The molecule has 1 aliphatic heterocycles. The van der Waals surface area contributed by atoms with Crippen molar-refractivity contribution in [3.63, 3.8) is 0 Å². The summed E-state index contributed by atoms with van der Waals surface area (Å²) in [6, 6.07) is 10.7. The van der Waals surface area contributed by atoms with Crippen molar-refractivity contribution < 1.29 is 5.11 Å². The Labute approximate surface area is 109 Å². The first-order valence-electron chi connectivity index (χ1n) is 7.03. The second kappa shape index (κ2) is 4.07. The molecule has 2 aliphatic rings. The maximum absolute atomic E-state index is 11.1. The summed E-state index contributed by atoms with van der Waals surface area (Å²) in [5.74, 6) is 1.01. The number of piperidine rings is 1. The largest absolute Gasteiger partial charge is 0.389 e. The summed E-state index contributed by atoms with van der Waals surface area (Å²) in [6.45, 7) is 6.25. The van der Waals surface area contributed by atoms with Crippen LogP contribution in [0.1, 0.15) is 38.2 Å². The maximum atomic E-state index is 11.1. The number of hydrogen-bond donors (Lipinski definition) is 2. The minimum atomic E-state index is -0.501. The van der Waals surface area contributed by atoms with E-state index in [9.17, 15) is 5.11 Å². The Hall–Kier alpha value is -0.860. The molecule has 0 radical (unpaired) electrons. The van der Waals surface area contributed by atoms with Gasteiger partial charge in [-0.1, -0.05) is 44.2 Å². The maximum Gasteiger partial charge on any atom is 0.0756 e. The lowest BCUT2D eigenvalue weighted by Gasteiger charge is -2.47. The van der Waals surface area contributed by atoms with Gasteiger partial charge in [0.05, 0.1) is 5.60 Å². The molecule has 2 nitrogen and oxygen atoms in total. The second-order valence-corrected chi connectivity index (χ2v) is 6.59. The average molecular weight is 245 g/mol. The molecule has 3 unspecified atom stereocenters. The van der Waals surface area contributed by atoms with Gasteiger partial charge in [-0.15, -0.1) is 0 Å². The summed E-state index contributed by atoms with van der Waals surface area (Å²) in [5.41, 5.74) is 0.864. The summed E-state index contributed by atoms with van der Waals surface area (Å²) in [5, 5.41) is 14.5. The molecule has 3 rings (SSSR count). The molecule has 0 aromatic heterocycles. The highest BCUT2D eigenvalue weighted by atomic mass is 16.3. The van der Waals surface area contributed by atoms with E-state index in [2.05, 4.69) is 49.5 Å².